The highest BCUT2D eigenvalue weighted by Crippen LogP contribution is 2.15. The van der Waals surface area contributed by atoms with Gasteiger partial charge < -0.3 is 9.52 Å². The molecule has 0 spiro atoms. The molecule has 1 aromatic heterocycles. The first-order valence-corrected chi connectivity index (χ1v) is 5.20. The summed E-state index contributed by atoms with van der Waals surface area (Å²) in [4.78, 5) is 0. The van der Waals surface area contributed by atoms with Crippen molar-refractivity contribution < 1.29 is 9.52 Å². The van der Waals surface area contributed by atoms with Crippen LogP contribution >= 0.6 is 0 Å². The molecule has 0 aliphatic carbocycles. The highest BCUT2D eigenvalue weighted by atomic mass is 16.3. The Balaban J connectivity index is 0.000000165. The van der Waals surface area contributed by atoms with Gasteiger partial charge in [0.25, 0.3) is 0 Å². The van der Waals surface area contributed by atoms with Crippen LogP contribution in [0.2, 0.25) is 0 Å². The van der Waals surface area contributed by atoms with E-state index in [9.17, 15) is 0 Å². The number of hydrogen-bond acceptors (Lipinski definition) is 2. The number of rotatable bonds is 2. The lowest BCUT2D eigenvalue weighted by Crippen LogP contribution is -1.69. The zero-order chi connectivity index (χ0) is 11.8. The van der Waals surface area contributed by atoms with E-state index in [0.29, 0.717) is 0 Å². The lowest BCUT2D eigenvalue weighted by atomic mass is 10.2. The van der Waals surface area contributed by atoms with Crippen LogP contribution < -0.4 is 0 Å². The van der Waals surface area contributed by atoms with Crippen LogP contribution in [0.5, 0.6) is 5.75 Å². The van der Waals surface area contributed by atoms with Gasteiger partial charge in [0.15, 0.2) is 0 Å². The molecule has 0 aliphatic heterocycles. The van der Waals surface area contributed by atoms with Crippen LogP contribution in [0.25, 0.3) is 6.08 Å². The summed E-state index contributed by atoms with van der Waals surface area (Å²) in [6, 6.07) is 11.0. The molecule has 0 saturated heterocycles. The van der Waals surface area contributed by atoms with Crippen LogP contribution in [-0.4, -0.2) is 5.11 Å². The van der Waals surface area contributed by atoms with Crippen molar-refractivity contribution >= 4 is 6.08 Å². The predicted molar refractivity (Wildman–Crippen MR) is 66.3 cm³/mol. The first-order valence-electron chi connectivity index (χ1n) is 5.20. The summed E-state index contributed by atoms with van der Waals surface area (Å²) in [5.74, 6) is 1.34. The van der Waals surface area contributed by atoms with E-state index in [-0.39, 0.29) is 5.75 Å². The van der Waals surface area contributed by atoms with Crippen LogP contribution in [0.3, 0.4) is 0 Å². The molecule has 1 heterocycles. The third-order valence-electron chi connectivity index (χ3n) is 2.09. The Kier molecular flexibility index (Phi) is 4.93. The molecule has 84 valence electrons. The maximum absolute atomic E-state index is 9.04. The van der Waals surface area contributed by atoms with Crippen LogP contribution in [-0.2, 0) is 6.42 Å². The van der Waals surface area contributed by atoms with Crippen LogP contribution in [0.15, 0.2) is 53.7 Å². The van der Waals surface area contributed by atoms with Crippen molar-refractivity contribution in [2.45, 2.75) is 13.3 Å². The Morgan fingerprint density at radius 2 is 2.00 bits per heavy atom. The summed E-state index contributed by atoms with van der Waals surface area (Å²) in [5.41, 5.74) is 0.775. The van der Waals surface area contributed by atoms with Crippen molar-refractivity contribution in [3.8, 4) is 5.75 Å². The standard InChI is InChI=1S/C8H8O.C6H8O/c1-2-7-5-3-4-6-8(7)9;1-2-6-4-3-5-7-6/h2-6,9H,1H2;3-5H,2H2,1H3. The summed E-state index contributed by atoms with van der Waals surface area (Å²) in [5, 5.41) is 9.04. The van der Waals surface area contributed by atoms with Crippen LogP contribution in [0.1, 0.15) is 18.2 Å². The van der Waals surface area contributed by atoms with E-state index in [1.54, 1.807) is 24.5 Å². The molecule has 0 unspecified atom stereocenters. The van der Waals surface area contributed by atoms with Gasteiger partial charge in [-0.2, -0.15) is 0 Å². The number of aryl methyl sites for hydroxylation is 1. The summed E-state index contributed by atoms with van der Waals surface area (Å²) in [6.07, 6.45) is 4.31. The molecule has 16 heavy (non-hydrogen) atoms. The van der Waals surface area contributed by atoms with Gasteiger partial charge in [0.2, 0.25) is 0 Å². The van der Waals surface area contributed by atoms with E-state index in [4.69, 9.17) is 9.52 Å². The molecule has 0 amide bonds. The van der Waals surface area contributed by atoms with Gasteiger partial charge in [-0.05, 0) is 18.2 Å². The molecule has 0 atom stereocenters. The third kappa shape index (κ3) is 3.65. The van der Waals surface area contributed by atoms with Gasteiger partial charge >= 0.3 is 0 Å². The molecule has 0 bridgehead atoms. The lowest BCUT2D eigenvalue weighted by molar-refractivity contribution is 0.474. The maximum atomic E-state index is 9.04. The number of aromatic hydroxyl groups is 1. The number of hydrogen-bond donors (Lipinski definition) is 1. The van der Waals surface area contributed by atoms with Crippen molar-refractivity contribution in [3.63, 3.8) is 0 Å². The van der Waals surface area contributed by atoms with E-state index in [1.807, 2.05) is 24.3 Å². The van der Waals surface area contributed by atoms with Gasteiger partial charge in [-0.25, -0.2) is 0 Å². The molecule has 1 N–H and O–H groups in total. The quantitative estimate of drug-likeness (QED) is 0.826. The fraction of sp³-hybridized carbons (Fsp3) is 0.143. The van der Waals surface area contributed by atoms with Crippen molar-refractivity contribution in [1.29, 1.82) is 0 Å². The summed E-state index contributed by atoms with van der Waals surface area (Å²) in [7, 11) is 0. The lowest BCUT2D eigenvalue weighted by Gasteiger charge is -1.93. The maximum Gasteiger partial charge on any atom is 0.122 e. The molecular formula is C14H16O2. The van der Waals surface area contributed by atoms with Gasteiger partial charge in [0, 0.05) is 12.0 Å². The monoisotopic (exact) mass is 216 g/mol. The number of benzene rings is 1. The summed E-state index contributed by atoms with van der Waals surface area (Å²) >= 11 is 0. The minimum absolute atomic E-state index is 0.285. The van der Waals surface area contributed by atoms with Gasteiger partial charge in [-0.3, -0.25) is 0 Å². The molecular weight excluding hydrogens is 200 g/mol. The molecule has 2 heteroatoms. The normalized spacial score (nSPS) is 9.06. The second-order valence-electron chi connectivity index (χ2n) is 3.20. The van der Waals surface area contributed by atoms with Crippen LogP contribution in [0.4, 0.5) is 0 Å². The van der Waals surface area contributed by atoms with Crippen molar-refractivity contribution in [2.75, 3.05) is 0 Å². The van der Waals surface area contributed by atoms with E-state index >= 15 is 0 Å². The Labute approximate surface area is 95.9 Å². The average Bonchev–Trinajstić information content (AvgIpc) is 2.83. The fourth-order valence-electron chi connectivity index (χ4n) is 1.17. The Bertz CT molecular complexity index is 416. The first kappa shape index (κ1) is 12.1. The van der Waals surface area contributed by atoms with Gasteiger partial charge in [-0.1, -0.05) is 37.8 Å². The van der Waals surface area contributed by atoms with Crippen molar-refractivity contribution in [3.05, 3.63) is 60.6 Å². The molecule has 0 radical (unpaired) electrons. The predicted octanol–water partition coefficient (Wildman–Crippen LogP) is 3.88. The van der Waals surface area contributed by atoms with Crippen LogP contribution in [0, 0.1) is 0 Å². The molecule has 2 aromatic rings. The number of phenols is 1. The number of para-hydroxylation sites is 1. The summed E-state index contributed by atoms with van der Waals surface area (Å²) < 4.78 is 4.98. The minimum atomic E-state index is 0.285. The number of furan rings is 1. The molecule has 0 aliphatic rings. The van der Waals surface area contributed by atoms with E-state index in [0.717, 1.165) is 17.7 Å². The second kappa shape index (κ2) is 6.51. The minimum Gasteiger partial charge on any atom is -0.507 e. The van der Waals surface area contributed by atoms with Gasteiger partial charge in [-0.15, -0.1) is 0 Å². The highest BCUT2D eigenvalue weighted by Gasteiger charge is 1.89. The van der Waals surface area contributed by atoms with Gasteiger partial charge in [0.05, 0.1) is 6.26 Å². The van der Waals surface area contributed by atoms with E-state index < -0.39 is 0 Å². The fourth-order valence-corrected chi connectivity index (χ4v) is 1.17. The topological polar surface area (TPSA) is 33.4 Å². The second-order valence-corrected chi connectivity index (χ2v) is 3.20. The highest BCUT2D eigenvalue weighted by molar-refractivity contribution is 5.54. The molecule has 0 saturated carbocycles. The average molecular weight is 216 g/mol. The smallest absolute Gasteiger partial charge is 0.122 e. The van der Waals surface area contributed by atoms with Crippen molar-refractivity contribution in [2.24, 2.45) is 0 Å². The van der Waals surface area contributed by atoms with Crippen molar-refractivity contribution in [1.82, 2.24) is 0 Å². The Morgan fingerprint density at radius 1 is 1.25 bits per heavy atom. The molecule has 0 fully saturated rings. The van der Waals surface area contributed by atoms with Gasteiger partial charge in [0.1, 0.15) is 11.5 Å². The molecule has 2 rings (SSSR count). The first-order chi connectivity index (χ1) is 7.77. The zero-order valence-corrected chi connectivity index (χ0v) is 9.39. The molecule has 1 aromatic carbocycles. The Morgan fingerprint density at radius 3 is 2.38 bits per heavy atom. The molecule has 2 nitrogen and oxygen atoms in total. The number of phenolic OH excluding ortho intramolecular Hbond substituents is 1. The SMILES string of the molecule is C=Cc1ccccc1O.CCc1ccco1. The van der Waals surface area contributed by atoms with E-state index in [1.165, 1.54) is 0 Å². The zero-order valence-electron chi connectivity index (χ0n) is 9.39. The van der Waals surface area contributed by atoms with E-state index in [2.05, 4.69) is 13.5 Å². The Hall–Kier alpha value is -1.96. The summed E-state index contributed by atoms with van der Waals surface area (Å²) in [6.45, 7) is 5.60. The largest absolute Gasteiger partial charge is 0.507 e. The third-order valence-corrected chi connectivity index (χ3v) is 2.09.